The maximum atomic E-state index is 14.3. The Morgan fingerprint density at radius 3 is 2.66 bits per heavy atom. The minimum atomic E-state index is -0.660. The third-order valence-corrected chi connectivity index (χ3v) is 4.94. The van der Waals surface area contributed by atoms with Gasteiger partial charge in [-0.25, -0.2) is 9.07 Å². The highest BCUT2D eigenvalue weighted by Gasteiger charge is 2.36. The molecule has 0 bridgehead atoms. The number of furan rings is 1. The van der Waals surface area contributed by atoms with Crippen molar-refractivity contribution in [2.75, 3.05) is 5.32 Å². The van der Waals surface area contributed by atoms with Crippen LogP contribution >= 0.6 is 0 Å². The molecule has 0 fully saturated rings. The number of hydrogen-bond acceptors (Lipinski definition) is 7. The van der Waals surface area contributed by atoms with Gasteiger partial charge in [0, 0.05) is 5.56 Å². The molecule has 0 aliphatic carbocycles. The first-order valence-electron chi connectivity index (χ1n) is 9.38. The number of nitrogens with zero attached hydrogens (tertiary/aromatic N) is 5. The SMILES string of the molecule is O=C(Nc1cc(-n2cnnn2)ccc1F)c1ccc2c(c1)C(=O)N(Cc1ccco1)C2=O. The number of halogens is 1. The summed E-state index contributed by atoms with van der Waals surface area (Å²) in [6.45, 7) is -0.0178. The summed E-state index contributed by atoms with van der Waals surface area (Å²) in [5, 5.41) is 13.2. The van der Waals surface area contributed by atoms with Crippen molar-refractivity contribution in [1.82, 2.24) is 25.1 Å². The predicted octanol–water partition coefficient (Wildman–Crippen LogP) is 2.44. The summed E-state index contributed by atoms with van der Waals surface area (Å²) in [6.07, 6.45) is 2.78. The van der Waals surface area contributed by atoms with Gasteiger partial charge < -0.3 is 9.73 Å². The standard InChI is InChI=1S/C21H13FN6O4/c22-17-6-4-13(28-11-23-25-26-28)9-18(17)24-19(29)12-3-5-15-16(8-12)21(31)27(20(15)30)10-14-2-1-7-32-14/h1-9,11H,10H2,(H,24,29). The Bertz CT molecular complexity index is 1350. The Morgan fingerprint density at radius 1 is 1.06 bits per heavy atom. The van der Waals surface area contributed by atoms with Gasteiger partial charge >= 0.3 is 0 Å². The molecule has 3 heterocycles. The molecule has 1 N–H and O–H groups in total. The molecule has 0 atom stereocenters. The van der Waals surface area contributed by atoms with Crippen molar-refractivity contribution in [1.29, 1.82) is 0 Å². The molecule has 2 aromatic heterocycles. The number of nitrogens with one attached hydrogen (secondary N) is 1. The molecule has 5 rings (SSSR count). The average Bonchev–Trinajstić information content (AvgIpc) is 3.55. The van der Waals surface area contributed by atoms with Crippen molar-refractivity contribution >= 4 is 23.4 Å². The van der Waals surface area contributed by atoms with Gasteiger partial charge in [-0.3, -0.25) is 19.3 Å². The number of benzene rings is 2. The lowest BCUT2D eigenvalue weighted by molar-refractivity contribution is 0.0631. The zero-order chi connectivity index (χ0) is 22.2. The Kier molecular flexibility index (Phi) is 4.55. The lowest BCUT2D eigenvalue weighted by Gasteiger charge is -2.11. The number of anilines is 1. The van der Waals surface area contributed by atoms with Crippen LogP contribution in [-0.2, 0) is 6.54 Å². The number of fused-ring (bicyclic) bond motifs is 1. The van der Waals surface area contributed by atoms with Crippen molar-refractivity contribution in [3.8, 4) is 5.69 Å². The molecule has 1 aliphatic rings. The summed E-state index contributed by atoms with van der Waals surface area (Å²) < 4.78 is 20.8. The van der Waals surface area contributed by atoms with E-state index in [0.29, 0.717) is 11.4 Å². The van der Waals surface area contributed by atoms with Crippen molar-refractivity contribution in [2.45, 2.75) is 6.54 Å². The average molecular weight is 432 g/mol. The third kappa shape index (κ3) is 3.31. The molecular weight excluding hydrogens is 419 g/mol. The van der Waals surface area contributed by atoms with Gasteiger partial charge in [-0.1, -0.05) is 0 Å². The van der Waals surface area contributed by atoms with E-state index in [2.05, 4.69) is 20.8 Å². The second kappa shape index (κ2) is 7.54. The Balaban J connectivity index is 1.39. The number of rotatable bonds is 5. The lowest BCUT2D eigenvalue weighted by atomic mass is 10.1. The quantitative estimate of drug-likeness (QED) is 0.481. The molecule has 158 valence electrons. The lowest BCUT2D eigenvalue weighted by Crippen LogP contribution is -2.28. The molecular formula is C21H13FN6O4. The van der Waals surface area contributed by atoms with Gasteiger partial charge in [-0.2, -0.15) is 0 Å². The van der Waals surface area contributed by atoms with Gasteiger partial charge in [0.05, 0.1) is 35.3 Å². The number of imide groups is 1. The Labute approximate surface area is 179 Å². The van der Waals surface area contributed by atoms with E-state index in [1.165, 1.54) is 53.7 Å². The minimum Gasteiger partial charge on any atom is -0.467 e. The highest BCUT2D eigenvalue weighted by molar-refractivity contribution is 6.22. The molecule has 0 saturated heterocycles. The molecule has 1 aliphatic heterocycles. The van der Waals surface area contributed by atoms with Crippen molar-refractivity contribution < 1.29 is 23.2 Å². The van der Waals surface area contributed by atoms with E-state index in [0.717, 1.165) is 4.90 Å². The second-order valence-electron chi connectivity index (χ2n) is 6.91. The topological polar surface area (TPSA) is 123 Å². The second-order valence-corrected chi connectivity index (χ2v) is 6.91. The Morgan fingerprint density at radius 2 is 1.91 bits per heavy atom. The van der Waals surface area contributed by atoms with Crippen molar-refractivity contribution in [3.63, 3.8) is 0 Å². The fourth-order valence-electron chi connectivity index (χ4n) is 3.36. The van der Waals surface area contributed by atoms with E-state index in [4.69, 9.17) is 4.42 Å². The van der Waals surface area contributed by atoms with E-state index >= 15 is 0 Å². The van der Waals surface area contributed by atoms with Crippen molar-refractivity contribution in [3.05, 3.63) is 89.4 Å². The van der Waals surface area contributed by atoms with Crippen LogP contribution in [0.5, 0.6) is 0 Å². The molecule has 10 nitrogen and oxygen atoms in total. The van der Waals surface area contributed by atoms with E-state index in [1.54, 1.807) is 12.1 Å². The van der Waals surface area contributed by atoms with Crippen LogP contribution in [0, 0.1) is 5.82 Å². The van der Waals surface area contributed by atoms with Crippen LogP contribution in [-0.4, -0.2) is 42.8 Å². The first-order chi connectivity index (χ1) is 15.5. The number of hydrogen-bond donors (Lipinski definition) is 1. The van der Waals surface area contributed by atoms with Crippen LogP contribution in [0.4, 0.5) is 10.1 Å². The molecule has 4 aromatic rings. The third-order valence-electron chi connectivity index (χ3n) is 4.94. The van der Waals surface area contributed by atoms with Crippen LogP contribution in [0.15, 0.2) is 65.5 Å². The first kappa shape index (κ1) is 19.3. The number of tetrazole rings is 1. The molecule has 2 aromatic carbocycles. The van der Waals surface area contributed by atoms with Gasteiger partial charge in [-0.05, 0) is 59.0 Å². The van der Waals surface area contributed by atoms with Crippen LogP contribution < -0.4 is 5.32 Å². The first-order valence-corrected chi connectivity index (χ1v) is 9.38. The maximum absolute atomic E-state index is 14.3. The minimum absolute atomic E-state index is 0.0178. The largest absolute Gasteiger partial charge is 0.467 e. The molecule has 0 unspecified atom stereocenters. The maximum Gasteiger partial charge on any atom is 0.261 e. The fourth-order valence-corrected chi connectivity index (χ4v) is 3.36. The monoisotopic (exact) mass is 432 g/mol. The predicted molar refractivity (Wildman–Crippen MR) is 106 cm³/mol. The summed E-state index contributed by atoms with van der Waals surface area (Å²) in [7, 11) is 0. The smallest absolute Gasteiger partial charge is 0.261 e. The summed E-state index contributed by atoms with van der Waals surface area (Å²) in [5.41, 5.74) is 0.722. The molecule has 32 heavy (non-hydrogen) atoms. The zero-order valence-corrected chi connectivity index (χ0v) is 16.2. The summed E-state index contributed by atoms with van der Waals surface area (Å²) >= 11 is 0. The highest BCUT2D eigenvalue weighted by Crippen LogP contribution is 2.26. The van der Waals surface area contributed by atoms with Gasteiger partial charge in [0.15, 0.2) is 0 Å². The zero-order valence-electron chi connectivity index (χ0n) is 16.2. The van der Waals surface area contributed by atoms with Crippen LogP contribution in [0.2, 0.25) is 0 Å². The number of aromatic nitrogens is 4. The Hall–Kier alpha value is -4.67. The van der Waals surface area contributed by atoms with Crippen molar-refractivity contribution in [2.24, 2.45) is 0 Å². The summed E-state index contributed by atoms with van der Waals surface area (Å²) in [5.74, 6) is -1.87. The normalized spacial score (nSPS) is 12.8. The molecule has 11 heteroatoms. The van der Waals surface area contributed by atoms with Crippen LogP contribution in [0.25, 0.3) is 5.69 Å². The molecule has 0 radical (unpaired) electrons. The highest BCUT2D eigenvalue weighted by atomic mass is 19.1. The van der Waals surface area contributed by atoms with E-state index in [9.17, 15) is 18.8 Å². The van der Waals surface area contributed by atoms with E-state index in [1.807, 2.05) is 0 Å². The van der Waals surface area contributed by atoms with E-state index < -0.39 is 23.5 Å². The summed E-state index contributed by atoms with van der Waals surface area (Å²) in [4.78, 5) is 39.1. The van der Waals surface area contributed by atoms with Crippen LogP contribution in [0.3, 0.4) is 0 Å². The molecule has 0 saturated carbocycles. The molecule has 3 amide bonds. The number of carbonyl (C=O) groups excluding carboxylic acids is 3. The number of amides is 3. The van der Waals surface area contributed by atoms with Gasteiger partial charge in [0.2, 0.25) is 0 Å². The van der Waals surface area contributed by atoms with Gasteiger partial charge in [-0.15, -0.1) is 5.10 Å². The van der Waals surface area contributed by atoms with E-state index in [-0.39, 0.29) is 28.9 Å². The van der Waals surface area contributed by atoms with Gasteiger partial charge in [0.1, 0.15) is 17.9 Å². The van der Waals surface area contributed by atoms with Gasteiger partial charge in [0.25, 0.3) is 17.7 Å². The van der Waals surface area contributed by atoms with Crippen LogP contribution in [0.1, 0.15) is 36.8 Å². The summed E-state index contributed by atoms with van der Waals surface area (Å²) in [6, 6.07) is 11.4. The number of carbonyl (C=O) groups is 3. The molecule has 0 spiro atoms. The fraction of sp³-hybridized carbons (Fsp3) is 0.0476.